The summed E-state index contributed by atoms with van der Waals surface area (Å²) in [6.07, 6.45) is 0. The molecule has 3 aromatic rings. The molecule has 4 nitrogen and oxygen atoms in total. The van der Waals surface area contributed by atoms with E-state index >= 15 is 0 Å². The number of carbonyl (C=O) groups is 2. The minimum absolute atomic E-state index is 0.148. The molecule has 2 aromatic carbocycles. The molecule has 0 saturated carbocycles. The molecule has 6 heteroatoms. The average Bonchev–Trinajstić information content (AvgIpc) is 3.32. The van der Waals surface area contributed by atoms with Crippen molar-refractivity contribution in [3.8, 4) is 0 Å². The van der Waals surface area contributed by atoms with Gasteiger partial charge in [-0.1, -0.05) is 66.2 Å². The summed E-state index contributed by atoms with van der Waals surface area (Å²) in [6, 6.07) is 20.9. The van der Waals surface area contributed by atoms with Crippen molar-refractivity contribution in [2.45, 2.75) is 13.1 Å². The highest BCUT2D eigenvalue weighted by Gasteiger charge is 2.41. The maximum atomic E-state index is 13.3. The van der Waals surface area contributed by atoms with Crippen molar-refractivity contribution in [3.63, 3.8) is 0 Å². The second kappa shape index (κ2) is 8.23. The lowest BCUT2D eigenvalue weighted by molar-refractivity contribution is -0.138. The van der Waals surface area contributed by atoms with Gasteiger partial charge in [0.15, 0.2) is 0 Å². The zero-order valence-corrected chi connectivity index (χ0v) is 17.4. The summed E-state index contributed by atoms with van der Waals surface area (Å²) in [4.78, 5) is 30.6. The lowest BCUT2D eigenvalue weighted by atomic mass is 10.1. The molecular formula is C23H19ClN2O2S. The largest absolute Gasteiger partial charge is 0.365 e. The minimum Gasteiger partial charge on any atom is -0.365 e. The van der Waals surface area contributed by atoms with Gasteiger partial charge in [-0.3, -0.25) is 14.5 Å². The minimum atomic E-state index is -0.295. The van der Waals surface area contributed by atoms with E-state index in [1.807, 2.05) is 78.0 Å². The van der Waals surface area contributed by atoms with E-state index in [0.717, 1.165) is 16.0 Å². The van der Waals surface area contributed by atoms with E-state index < -0.39 is 0 Å². The SMILES string of the molecule is CN(Cc1ccccc1)C1=C(c2cccs2)C(=O)N(Cc2ccccc2Cl)C1=O. The fourth-order valence-corrected chi connectivity index (χ4v) is 4.40. The van der Waals surface area contributed by atoms with Gasteiger partial charge in [-0.05, 0) is 28.6 Å². The summed E-state index contributed by atoms with van der Waals surface area (Å²) in [7, 11) is 1.85. The molecule has 4 rings (SSSR count). The molecule has 0 bridgehead atoms. The highest BCUT2D eigenvalue weighted by Crippen LogP contribution is 2.35. The first kappa shape index (κ1) is 19.4. The van der Waals surface area contributed by atoms with Crippen LogP contribution in [0.2, 0.25) is 5.02 Å². The maximum absolute atomic E-state index is 13.3. The Bertz CT molecular complexity index is 1080. The molecule has 0 aliphatic carbocycles. The van der Waals surface area contributed by atoms with Crippen molar-refractivity contribution in [2.24, 2.45) is 0 Å². The van der Waals surface area contributed by atoms with Crippen LogP contribution in [0.1, 0.15) is 16.0 Å². The van der Waals surface area contributed by atoms with E-state index in [1.165, 1.54) is 16.2 Å². The van der Waals surface area contributed by atoms with E-state index in [-0.39, 0.29) is 18.4 Å². The van der Waals surface area contributed by atoms with Crippen LogP contribution in [-0.2, 0) is 22.7 Å². The van der Waals surface area contributed by atoms with Gasteiger partial charge in [0, 0.05) is 23.5 Å². The van der Waals surface area contributed by atoms with Crippen LogP contribution < -0.4 is 0 Å². The highest BCUT2D eigenvalue weighted by molar-refractivity contribution is 7.11. The number of hydrogen-bond donors (Lipinski definition) is 0. The van der Waals surface area contributed by atoms with Gasteiger partial charge in [0.25, 0.3) is 11.8 Å². The van der Waals surface area contributed by atoms with E-state index in [2.05, 4.69) is 0 Å². The highest BCUT2D eigenvalue weighted by atomic mass is 35.5. The number of carbonyl (C=O) groups excluding carboxylic acids is 2. The van der Waals surface area contributed by atoms with Crippen LogP contribution in [0, 0.1) is 0 Å². The van der Waals surface area contributed by atoms with Crippen LogP contribution >= 0.6 is 22.9 Å². The third-order valence-corrected chi connectivity index (χ3v) is 6.10. The average molecular weight is 423 g/mol. The Hall–Kier alpha value is -2.89. The van der Waals surface area contributed by atoms with Gasteiger partial charge in [0.1, 0.15) is 5.70 Å². The number of rotatable bonds is 6. The number of hydrogen-bond acceptors (Lipinski definition) is 4. The molecule has 0 N–H and O–H groups in total. The molecule has 146 valence electrons. The van der Waals surface area contributed by atoms with Gasteiger partial charge in [-0.25, -0.2) is 0 Å². The van der Waals surface area contributed by atoms with Crippen LogP contribution in [-0.4, -0.2) is 28.7 Å². The molecule has 0 radical (unpaired) electrons. The van der Waals surface area contributed by atoms with Gasteiger partial charge in [-0.2, -0.15) is 0 Å². The quantitative estimate of drug-likeness (QED) is 0.535. The maximum Gasteiger partial charge on any atom is 0.278 e. The fourth-order valence-electron chi connectivity index (χ4n) is 3.44. The summed E-state index contributed by atoms with van der Waals surface area (Å²) in [6.45, 7) is 0.679. The predicted octanol–water partition coefficient (Wildman–Crippen LogP) is 4.81. The van der Waals surface area contributed by atoms with E-state index in [4.69, 9.17) is 11.6 Å². The molecule has 1 aromatic heterocycles. The molecular weight excluding hydrogens is 404 g/mol. The molecule has 0 spiro atoms. The summed E-state index contributed by atoms with van der Waals surface area (Å²) in [5, 5.41) is 2.45. The molecule has 0 unspecified atom stereocenters. The van der Waals surface area contributed by atoms with Crippen molar-refractivity contribution < 1.29 is 9.59 Å². The summed E-state index contributed by atoms with van der Waals surface area (Å²) in [5.74, 6) is -0.580. The number of likely N-dealkylation sites (N-methyl/N-ethyl adjacent to an activating group) is 1. The summed E-state index contributed by atoms with van der Waals surface area (Å²) >= 11 is 7.72. The molecule has 1 aliphatic rings. The van der Waals surface area contributed by atoms with Crippen molar-refractivity contribution in [1.82, 2.24) is 9.80 Å². The molecule has 2 amide bonds. The summed E-state index contributed by atoms with van der Waals surface area (Å²) in [5.41, 5.74) is 2.69. The molecule has 1 aliphatic heterocycles. The molecule has 0 saturated heterocycles. The number of nitrogens with zero attached hydrogens (tertiary/aromatic N) is 2. The first-order chi connectivity index (χ1) is 14.1. The molecule has 0 fully saturated rings. The number of amides is 2. The zero-order chi connectivity index (χ0) is 20.4. The second-order valence-electron chi connectivity index (χ2n) is 6.83. The second-order valence-corrected chi connectivity index (χ2v) is 8.19. The smallest absolute Gasteiger partial charge is 0.278 e. The van der Waals surface area contributed by atoms with Gasteiger partial charge in [-0.15, -0.1) is 11.3 Å². The third kappa shape index (κ3) is 3.84. The number of imide groups is 1. The Labute approximate surface area is 178 Å². The van der Waals surface area contributed by atoms with Crippen molar-refractivity contribution in [1.29, 1.82) is 0 Å². The Morgan fingerprint density at radius 2 is 1.66 bits per heavy atom. The number of benzene rings is 2. The van der Waals surface area contributed by atoms with Gasteiger partial charge in [0.2, 0.25) is 0 Å². The van der Waals surface area contributed by atoms with Crippen molar-refractivity contribution in [2.75, 3.05) is 7.05 Å². The van der Waals surface area contributed by atoms with Crippen LogP contribution in [0.25, 0.3) is 5.57 Å². The lowest BCUT2D eigenvalue weighted by Gasteiger charge is -2.21. The van der Waals surface area contributed by atoms with E-state index in [9.17, 15) is 9.59 Å². The lowest BCUT2D eigenvalue weighted by Crippen LogP contribution is -2.33. The normalized spacial score (nSPS) is 14.1. The van der Waals surface area contributed by atoms with Gasteiger partial charge >= 0.3 is 0 Å². The zero-order valence-electron chi connectivity index (χ0n) is 15.8. The Kier molecular flexibility index (Phi) is 5.51. The van der Waals surface area contributed by atoms with Crippen LogP contribution in [0.5, 0.6) is 0 Å². The molecule has 0 atom stereocenters. The predicted molar refractivity (Wildman–Crippen MR) is 116 cm³/mol. The monoisotopic (exact) mass is 422 g/mol. The van der Waals surface area contributed by atoms with Crippen LogP contribution in [0.4, 0.5) is 0 Å². The number of halogens is 1. The first-order valence-electron chi connectivity index (χ1n) is 9.19. The first-order valence-corrected chi connectivity index (χ1v) is 10.4. The molecule has 29 heavy (non-hydrogen) atoms. The standard InChI is InChI=1S/C23H19ClN2O2S/c1-25(14-16-8-3-2-4-9-16)21-20(19-12-7-13-29-19)22(27)26(23(21)28)15-17-10-5-6-11-18(17)24/h2-13H,14-15H2,1H3. The van der Waals surface area contributed by atoms with E-state index in [1.54, 1.807) is 6.07 Å². The van der Waals surface area contributed by atoms with Crippen molar-refractivity contribution >= 4 is 40.3 Å². The fraction of sp³-hybridized carbons (Fsp3) is 0.130. The van der Waals surface area contributed by atoms with Gasteiger partial charge in [0.05, 0.1) is 12.1 Å². The molecule has 2 heterocycles. The van der Waals surface area contributed by atoms with Crippen LogP contribution in [0.15, 0.2) is 77.8 Å². The van der Waals surface area contributed by atoms with Gasteiger partial charge < -0.3 is 4.90 Å². The van der Waals surface area contributed by atoms with E-state index in [0.29, 0.717) is 22.8 Å². The topological polar surface area (TPSA) is 40.6 Å². The Morgan fingerprint density at radius 3 is 2.34 bits per heavy atom. The van der Waals surface area contributed by atoms with Crippen LogP contribution in [0.3, 0.4) is 0 Å². The third-order valence-electron chi connectivity index (χ3n) is 4.84. The summed E-state index contributed by atoms with van der Waals surface area (Å²) < 4.78 is 0. The Morgan fingerprint density at radius 1 is 0.931 bits per heavy atom. The number of thiophene rings is 1. The van der Waals surface area contributed by atoms with Crippen molar-refractivity contribution in [3.05, 3.63) is 98.8 Å². The Balaban J connectivity index is 1.70.